The fourth-order valence-electron chi connectivity index (χ4n) is 1.40. The Morgan fingerprint density at radius 2 is 2.07 bits per heavy atom. The molecule has 2 N–H and O–H groups in total. The first-order chi connectivity index (χ1) is 6.94. The summed E-state index contributed by atoms with van der Waals surface area (Å²) in [6.45, 7) is 7.19. The van der Waals surface area contributed by atoms with Crippen molar-refractivity contribution >= 4 is 23.4 Å². The van der Waals surface area contributed by atoms with Crippen LogP contribution in [0.4, 0.5) is 0 Å². The van der Waals surface area contributed by atoms with E-state index in [1.54, 1.807) is 0 Å². The number of halogens is 1. The summed E-state index contributed by atoms with van der Waals surface area (Å²) in [5.41, 5.74) is 6.72. The molecule has 0 unspecified atom stereocenters. The van der Waals surface area contributed by atoms with Crippen molar-refractivity contribution in [2.75, 3.05) is 6.54 Å². The SMILES string of the molecule is Cc1cc(SC(C)(C)CCN)ccc1Cl. The van der Waals surface area contributed by atoms with E-state index in [1.807, 2.05) is 24.8 Å². The van der Waals surface area contributed by atoms with Crippen molar-refractivity contribution < 1.29 is 0 Å². The Labute approximate surface area is 101 Å². The van der Waals surface area contributed by atoms with Crippen LogP contribution in [0.15, 0.2) is 23.1 Å². The summed E-state index contributed by atoms with van der Waals surface area (Å²) < 4.78 is 0.190. The van der Waals surface area contributed by atoms with Gasteiger partial charge in [0.25, 0.3) is 0 Å². The Bertz CT molecular complexity index is 336. The molecule has 1 aromatic carbocycles. The Hall–Kier alpha value is -0.180. The van der Waals surface area contributed by atoms with Crippen LogP contribution in [0.3, 0.4) is 0 Å². The van der Waals surface area contributed by atoms with Gasteiger partial charge in [-0.1, -0.05) is 25.4 Å². The van der Waals surface area contributed by atoms with Gasteiger partial charge >= 0.3 is 0 Å². The summed E-state index contributed by atoms with van der Waals surface area (Å²) in [4.78, 5) is 1.26. The summed E-state index contributed by atoms with van der Waals surface area (Å²) >= 11 is 7.84. The van der Waals surface area contributed by atoms with E-state index in [-0.39, 0.29) is 4.75 Å². The maximum absolute atomic E-state index is 5.98. The Morgan fingerprint density at radius 1 is 1.40 bits per heavy atom. The average molecular weight is 244 g/mol. The monoisotopic (exact) mass is 243 g/mol. The summed E-state index contributed by atoms with van der Waals surface area (Å²) in [6, 6.07) is 6.15. The molecule has 0 aromatic heterocycles. The van der Waals surface area contributed by atoms with E-state index < -0.39 is 0 Å². The lowest BCUT2D eigenvalue weighted by Crippen LogP contribution is -2.19. The minimum atomic E-state index is 0.190. The molecule has 0 atom stereocenters. The molecule has 0 spiro atoms. The van der Waals surface area contributed by atoms with Gasteiger partial charge in [0.1, 0.15) is 0 Å². The van der Waals surface area contributed by atoms with E-state index in [0.717, 1.165) is 23.6 Å². The van der Waals surface area contributed by atoms with Crippen LogP contribution >= 0.6 is 23.4 Å². The Balaban J connectivity index is 2.76. The predicted octanol–water partition coefficient (Wildman–Crippen LogP) is 3.87. The molecule has 1 rings (SSSR count). The van der Waals surface area contributed by atoms with E-state index in [0.29, 0.717) is 0 Å². The van der Waals surface area contributed by atoms with E-state index in [2.05, 4.69) is 26.0 Å². The van der Waals surface area contributed by atoms with Crippen LogP contribution in [0.5, 0.6) is 0 Å². The summed E-state index contributed by atoms with van der Waals surface area (Å²) in [6.07, 6.45) is 1.01. The summed E-state index contributed by atoms with van der Waals surface area (Å²) in [5, 5.41) is 0.830. The number of hydrogen-bond donors (Lipinski definition) is 1. The van der Waals surface area contributed by atoms with Crippen molar-refractivity contribution in [2.24, 2.45) is 5.73 Å². The predicted molar refractivity (Wildman–Crippen MR) is 69.8 cm³/mol. The van der Waals surface area contributed by atoms with E-state index in [4.69, 9.17) is 17.3 Å². The lowest BCUT2D eigenvalue weighted by Gasteiger charge is -2.23. The van der Waals surface area contributed by atoms with Crippen LogP contribution in [-0.2, 0) is 0 Å². The molecule has 0 aliphatic heterocycles. The molecule has 0 aliphatic rings. The number of rotatable bonds is 4. The van der Waals surface area contributed by atoms with Crippen LogP contribution in [0.1, 0.15) is 25.8 Å². The first-order valence-electron chi connectivity index (χ1n) is 5.10. The van der Waals surface area contributed by atoms with E-state index in [9.17, 15) is 0 Å². The highest BCUT2D eigenvalue weighted by Gasteiger charge is 2.18. The fourth-order valence-corrected chi connectivity index (χ4v) is 2.75. The van der Waals surface area contributed by atoms with Crippen LogP contribution in [-0.4, -0.2) is 11.3 Å². The molecule has 84 valence electrons. The van der Waals surface area contributed by atoms with Gasteiger partial charge in [0, 0.05) is 14.7 Å². The maximum atomic E-state index is 5.98. The van der Waals surface area contributed by atoms with Gasteiger partial charge in [-0.25, -0.2) is 0 Å². The molecule has 0 amide bonds. The highest BCUT2D eigenvalue weighted by atomic mass is 35.5. The molecule has 0 saturated heterocycles. The molecular formula is C12H18ClNS. The number of benzene rings is 1. The topological polar surface area (TPSA) is 26.0 Å². The highest BCUT2D eigenvalue weighted by molar-refractivity contribution is 8.00. The first kappa shape index (κ1) is 12.9. The summed E-state index contributed by atoms with van der Waals surface area (Å²) in [5.74, 6) is 0. The molecule has 0 fully saturated rings. The van der Waals surface area contributed by atoms with Gasteiger partial charge in [-0.2, -0.15) is 0 Å². The van der Waals surface area contributed by atoms with Crippen molar-refractivity contribution in [1.82, 2.24) is 0 Å². The summed E-state index contributed by atoms with van der Waals surface area (Å²) in [7, 11) is 0. The Morgan fingerprint density at radius 3 is 2.60 bits per heavy atom. The van der Waals surface area contributed by atoms with Crippen LogP contribution in [0.2, 0.25) is 5.02 Å². The van der Waals surface area contributed by atoms with Gasteiger partial charge < -0.3 is 5.73 Å². The van der Waals surface area contributed by atoms with Crippen LogP contribution < -0.4 is 5.73 Å². The van der Waals surface area contributed by atoms with Gasteiger partial charge in [-0.05, 0) is 43.7 Å². The van der Waals surface area contributed by atoms with Crippen molar-refractivity contribution in [2.45, 2.75) is 36.8 Å². The maximum Gasteiger partial charge on any atom is 0.0435 e. The van der Waals surface area contributed by atoms with Gasteiger partial charge in [-0.15, -0.1) is 11.8 Å². The molecule has 1 aromatic rings. The van der Waals surface area contributed by atoms with Crippen molar-refractivity contribution in [3.63, 3.8) is 0 Å². The zero-order chi connectivity index (χ0) is 11.5. The second kappa shape index (κ2) is 5.24. The minimum Gasteiger partial charge on any atom is -0.330 e. The van der Waals surface area contributed by atoms with Crippen molar-refractivity contribution in [3.8, 4) is 0 Å². The third-order valence-corrected chi connectivity index (χ3v) is 3.94. The van der Waals surface area contributed by atoms with Crippen molar-refractivity contribution in [3.05, 3.63) is 28.8 Å². The highest BCUT2D eigenvalue weighted by Crippen LogP contribution is 2.35. The van der Waals surface area contributed by atoms with Gasteiger partial charge in [0.2, 0.25) is 0 Å². The molecule has 0 heterocycles. The van der Waals surface area contributed by atoms with Crippen LogP contribution in [0.25, 0.3) is 0 Å². The number of aryl methyl sites for hydroxylation is 1. The molecule has 15 heavy (non-hydrogen) atoms. The zero-order valence-electron chi connectivity index (χ0n) is 9.51. The lowest BCUT2D eigenvalue weighted by molar-refractivity contribution is 0.649. The number of hydrogen-bond acceptors (Lipinski definition) is 2. The second-order valence-corrected chi connectivity index (χ2v) is 6.50. The Kier molecular flexibility index (Phi) is 4.50. The smallest absolute Gasteiger partial charge is 0.0435 e. The molecule has 3 heteroatoms. The minimum absolute atomic E-state index is 0.190. The average Bonchev–Trinajstić information content (AvgIpc) is 2.10. The molecule has 0 radical (unpaired) electrons. The van der Waals surface area contributed by atoms with E-state index >= 15 is 0 Å². The fraction of sp³-hybridized carbons (Fsp3) is 0.500. The molecule has 1 nitrogen and oxygen atoms in total. The quantitative estimate of drug-likeness (QED) is 0.813. The number of nitrogens with two attached hydrogens (primary N) is 1. The lowest BCUT2D eigenvalue weighted by atomic mass is 10.1. The van der Waals surface area contributed by atoms with Crippen molar-refractivity contribution in [1.29, 1.82) is 0 Å². The standard InChI is InChI=1S/C12H18ClNS/c1-9-8-10(4-5-11(9)13)15-12(2,3)6-7-14/h4-5,8H,6-7,14H2,1-3H3. The van der Waals surface area contributed by atoms with Gasteiger partial charge in [-0.3, -0.25) is 0 Å². The normalized spacial score (nSPS) is 11.8. The van der Waals surface area contributed by atoms with E-state index in [1.165, 1.54) is 4.90 Å². The molecule has 0 saturated carbocycles. The molecule has 0 aliphatic carbocycles. The zero-order valence-corrected chi connectivity index (χ0v) is 11.1. The molecular weight excluding hydrogens is 226 g/mol. The van der Waals surface area contributed by atoms with Gasteiger partial charge in [0.05, 0.1) is 0 Å². The third-order valence-electron chi connectivity index (χ3n) is 2.27. The number of thioether (sulfide) groups is 1. The van der Waals surface area contributed by atoms with Gasteiger partial charge in [0.15, 0.2) is 0 Å². The third kappa shape index (κ3) is 4.06. The second-order valence-electron chi connectivity index (χ2n) is 4.31. The first-order valence-corrected chi connectivity index (χ1v) is 6.29. The largest absolute Gasteiger partial charge is 0.330 e. The molecule has 0 bridgehead atoms. The van der Waals surface area contributed by atoms with Crippen LogP contribution in [0, 0.1) is 6.92 Å².